The van der Waals surface area contributed by atoms with E-state index in [1.54, 1.807) is 12.4 Å². The Morgan fingerprint density at radius 2 is 0.842 bits per heavy atom. The summed E-state index contributed by atoms with van der Waals surface area (Å²) in [5.74, 6) is 0. The highest BCUT2D eigenvalue weighted by Crippen LogP contribution is 2.36. The molecular weight excluding hydrogens is 464 g/mol. The van der Waals surface area contributed by atoms with Gasteiger partial charge in [0.1, 0.15) is 10.8 Å². The SMILES string of the molecule is N#C[C@@](Cc1ccc(C[C@](C#N)(c2ccccc2)c2ccccn2)cc1)(c1ccccc1)c1ccccn1. The van der Waals surface area contributed by atoms with E-state index in [1.807, 2.05) is 97.1 Å². The van der Waals surface area contributed by atoms with Crippen LogP contribution in [0, 0.1) is 22.7 Å². The number of aromatic nitrogens is 2. The number of benzene rings is 3. The minimum absolute atomic E-state index is 0.479. The van der Waals surface area contributed by atoms with E-state index < -0.39 is 10.8 Å². The van der Waals surface area contributed by atoms with E-state index in [0.29, 0.717) is 12.8 Å². The van der Waals surface area contributed by atoms with Crippen LogP contribution in [0.1, 0.15) is 33.6 Å². The molecule has 2 atom stereocenters. The summed E-state index contributed by atoms with van der Waals surface area (Å²) < 4.78 is 0. The third-order valence-electron chi connectivity index (χ3n) is 7.08. The summed E-state index contributed by atoms with van der Waals surface area (Å²) in [5.41, 5.74) is 3.47. The van der Waals surface area contributed by atoms with E-state index in [1.165, 1.54) is 0 Å². The van der Waals surface area contributed by atoms with E-state index in [0.717, 1.165) is 33.6 Å². The topological polar surface area (TPSA) is 73.4 Å². The number of nitriles is 2. The van der Waals surface area contributed by atoms with Crippen LogP contribution < -0.4 is 0 Å². The van der Waals surface area contributed by atoms with Crippen molar-refractivity contribution >= 4 is 0 Å². The van der Waals surface area contributed by atoms with Gasteiger partial charge < -0.3 is 0 Å². The summed E-state index contributed by atoms with van der Waals surface area (Å²) in [5, 5.41) is 21.0. The van der Waals surface area contributed by atoms with Crippen molar-refractivity contribution in [1.29, 1.82) is 10.5 Å². The Kier molecular flexibility index (Phi) is 7.07. The Morgan fingerprint density at radius 3 is 1.16 bits per heavy atom. The molecule has 0 aliphatic rings. The molecule has 0 unspecified atom stereocenters. The minimum Gasteiger partial charge on any atom is -0.259 e. The molecule has 2 aromatic heterocycles. The largest absolute Gasteiger partial charge is 0.259 e. The molecule has 182 valence electrons. The molecule has 0 bridgehead atoms. The van der Waals surface area contributed by atoms with Gasteiger partial charge in [-0.25, -0.2) is 0 Å². The molecule has 4 nitrogen and oxygen atoms in total. The van der Waals surface area contributed by atoms with Crippen molar-refractivity contribution in [1.82, 2.24) is 9.97 Å². The zero-order valence-electron chi connectivity index (χ0n) is 20.9. The highest BCUT2D eigenvalue weighted by molar-refractivity contribution is 5.47. The highest BCUT2D eigenvalue weighted by atomic mass is 14.7. The molecule has 0 aliphatic heterocycles. The van der Waals surface area contributed by atoms with Crippen molar-refractivity contribution in [3.63, 3.8) is 0 Å². The molecule has 0 saturated carbocycles. The maximum atomic E-state index is 10.5. The zero-order valence-corrected chi connectivity index (χ0v) is 20.9. The number of nitrogens with zero attached hydrogens (tertiary/aromatic N) is 4. The second-order valence-corrected chi connectivity index (χ2v) is 9.37. The summed E-state index contributed by atoms with van der Waals surface area (Å²) >= 11 is 0. The number of rotatable bonds is 8. The van der Waals surface area contributed by atoms with Crippen LogP contribution in [0.25, 0.3) is 0 Å². The standard InChI is InChI=1S/C34H26N4/c35-25-33(29-11-3-1-4-12-29,31-15-7-9-21-37-31)23-27-17-19-28(20-18-27)24-34(26-36,30-13-5-2-6-14-30)32-16-8-10-22-38-32/h1-22H,23-24H2/t33-,34-/m0/s1. The van der Waals surface area contributed by atoms with Gasteiger partial charge in [-0.1, -0.05) is 97.1 Å². The first kappa shape index (κ1) is 24.6. The second kappa shape index (κ2) is 10.9. The van der Waals surface area contributed by atoms with Gasteiger partial charge >= 0.3 is 0 Å². The van der Waals surface area contributed by atoms with Gasteiger partial charge in [-0.2, -0.15) is 10.5 Å². The van der Waals surface area contributed by atoms with Crippen LogP contribution in [0.4, 0.5) is 0 Å². The molecule has 0 saturated heterocycles. The summed E-state index contributed by atoms with van der Waals surface area (Å²) in [4.78, 5) is 9.15. The van der Waals surface area contributed by atoms with Crippen molar-refractivity contribution < 1.29 is 0 Å². The van der Waals surface area contributed by atoms with Gasteiger partial charge in [-0.3, -0.25) is 9.97 Å². The lowest BCUT2D eigenvalue weighted by molar-refractivity contribution is 0.624. The van der Waals surface area contributed by atoms with E-state index in [-0.39, 0.29) is 0 Å². The van der Waals surface area contributed by atoms with Crippen molar-refractivity contribution in [2.75, 3.05) is 0 Å². The van der Waals surface area contributed by atoms with Gasteiger partial charge in [-0.15, -0.1) is 0 Å². The fraction of sp³-hybridized carbons (Fsp3) is 0.118. The van der Waals surface area contributed by atoms with Crippen molar-refractivity contribution in [2.45, 2.75) is 23.7 Å². The monoisotopic (exact) mass is 490 g/mol. The molecule has 0 radical (unpaired) electrons. The molecule has 2 heterocycles. The minimum atomic E-state index is -0.918. The van der Waals surface area contributed by atoms with Crippen LogP contribution >= 0.6 is 0 Å². The Hall–Kier alpha value is -5.06. The molecule has 0 fully saturated rings. The average molecular weight is 491 g/mol. The fourth-order valence-electron chi connectivity index (χ4n) is 5.07. The van der Waals surface area contributed by atoms with Crippen molar-refractivity contribution in [2.24, 2.45) is 0 Å². The van der Waals surface area contributed by atoms with E-state index in [2.05, 4.69) is 46.4 Å². The Balaban J connectivity index is 1.50. The summed E-state index contributed by atoms with van der Waals surface area (Å²) in [7, 11) is 0. The second-order valence-electron chi connectivity index (χ2n) is 9.37. The molecule has 0 amide bonds. The molecule has 0 aliphatic carbocycles. The van der Waals surface area contributed by atoms with Crippen LogP contribution in [0.3, 0.4) is 0 Å². The van der Waals surface area contributed by atoms with Gasteiger partial charge in [0, 0.05) is 25.2 Å². The smallest absolute Gasteiger partial charge is 0.128 e. The number of pyridine rings is 2. The number of hydrogen-bond acceptors (Lipinski definition) is 4. The molecule has 5 rings (SSSR count). The summed E-state index contributed by atoms with van der Waals surface area (Å²) in [6.07, 6.45) is 4.42. The molecule has 0 N–H and O–H groups in total. The van der Waals surface area contributed by atoms with Gasteiger partial charge in [-0.05, 0) is 46.5 Å². The van der Waals surface area contributed by atoms with E-state index in [4.69, 9.17) is 0 Å². The molecule has 5 aromatic rings. The average Bonchev–Trinajstić information content (AvgIpc) is 3.01. The van der Waals surface area contributed by atoms with Gasteiger partial charge in [0.2, 0.25) is 0 Å². The lowest BCUT2D eigenvalue weighted by Gasteiger charge is -2.28. The van der Waals surface area contributed by atoms with Gasteiger partial charge in [0.25, 0.3) is 0 Å². The maximum Gasteiger partial charge on any atom is 0.128 e. The van der Waals surface area contributed by atoms with E-state index in [9.17, 15) is 10.5 Å². The summed E-state index contributed by atoms with van der Waals surface area (Å²) in [6.45, 7) is 0. The molecule has 38 heavy (non-hydrogen) atoms. The van der Waals surface area contributed by atoms with Crippen LogP contribution in [0.2, 0.25) is 0 Å². The first-order valence-electron chi connectivity index (χ1n) is 12.5. The highest BCUT2D eigenvalue weighted by Gasteiger charge is 2.38. The first-order valence-corrected chi connectivity index (χ1v) is 12.5. The van der Waals surface area contributed by atoms with Crippen LogP contribution in [-0.4, -0.2) is 9.97 Å². The van der Waals surface area contributed by atoms with Gasteiger partial charge in [0.05, 0.1) is 23.5 Å². The predicted molar refractivity (Wildman–Crippen MR) is 148 cm³/mol. The third kappa shape index (κ3) is 4.69. The van der Waals surface area contributed by atoms with E-state index >= 15 is 0 Å². The molecule has 3 aromatic carbocycles. The fourth-order valence-corrected chi connectivity index (χ4v) is 5.07. The van der Waals surface area contributed by atoms with Crippen molar-refractivity contribution in [3.05, 3.63) is 167 Å². The molecule has 0 spiro atoms. The molecular formula is C34H26N4. The normalized spacial score (nSPS) is 13.8. The quantitative estimate of drug-likeness (QED) is 0.246. The zero-order chi connectivity index (χ0) is 26.3. The van der Waals surface area contributed by atoms with Crippen LogP contribution in [0.15, 0.2) is 134 Å². The predicted octanol–water partition coefficient (Wildman–Crippen LogP) is 6.58. The lowest BCUT2D eigenvalue weighted by Crippen LogP contribution is -2.30. The molecule has 4 heteroatoms. The first-order chi connectivity index (χ1) is 18.7. The van der Waals surface area contributed by atoms with Crippen molar-refractivity contribution in [3.8, 4) is 12.1 Å². The van der Waals surface area contributed by atoms with Gasteiger partial charge in [0.15, 0.2) is 0 Å². The van der Waals surface area contributed by atoms with Crippen LogP contribution in [-0.2, 0) is 23.7 Å². The maximum absolute atomic E-state index is 10.5. The Morgan fingerprint density at radius 1 is 0.474 bits per heavy atom. The summed E-state index contributed by atoms with van der Waals surface area (Å²) in [6, 6.07) is 44.5. The Labute approximate surface area is 223 Å². The Bertz CT molecular complexity index is 1350. The third-order valence-corrected chi connectivity index (χ3v) is 7.08. The van der Waals surface area contributed by atoms with Crippen LogP contribution in [0.5, 0.6) is 0 Å². The number of hydrogen-bond donors (Lipinski definition) is 0. The lowest BCUT2D eigenvalue weighted by atomic mass is 9.72.